The SMILES string of the molecule is CCCNC(=O)COC(=O)c1c2c(nc3ccccc13)/C(=C/c1cccs1)CCC2. The number of amides is 1. The van der Waals surface area contributed by atoms with E-state index in [0.29, 0.717) is 12.1 Å². The summed E-state index contributed by atoms with van der Waals surface area (Å²) in [4.78, 5) is 31.1. The van der Waals surface area contributed by atoms with Crippen molar-refractivity contribution in [2.75, 3.05) is 13.2 Å². The standard InChI is InChI=1S/C24H24N2O3S/c1-2-12-25-21(27)15-29-24(28)22-18-9-3-4-11-20(18)26-23-16(7-5-10-19(22)23)14-17-8-6-13-30-17/h3-4,6,8-9,11,13-14H,2,5,7,10,12,15H2,1H3,(H,25,27)/b16-14+. The van der Waals surface area contributed by atoms with Crippen molar-refractivity contribution in [3.8, 4) is 0 Å². The van der Waals surface area contributed by atoms with Crippen LogP contribution in [-0.4, -0.2) is 30.0 Å². The second-order valence-corrected chi connectivity index (χ2v) is 8.28. The van der Waals surface area contributed by atoms with Gasteiger partial charge in [-0.3, -0.25) is 4.79 Å². The van der Waals surface area contributed by atoms with Gasteiger partial charge in [0.1, 0.15) is 0 Å². The van der Waals surface area contributed by atoms with E-state index in [4.69, 9.17) is 9.72 Å². The molecule has 6 heteroatoms. The number of rotatable bonds is 6. The van der Waals surface area contributed by atoms with Crippen LogP contribution >= 0.6 is 11.3 Å². The van der Waals surface area contributed by atoms with Crippen LogP contribution in [0.3, 0.4) is 0 Å². The van der Waals surface area contributed by atoms with Crippen molar-refractivity contribution in [3.63, 3.8) is 0 Å². The van der Waals surface area contributed by atoms with Crippen molar-refractivity contribution in [1.29, 1.82) is 0 Å². The van der Waals surface area contributed by atoms with E-state index >= 15 is 0 Å². The molecule has 1 N–H and O–H groups in total. The monoisotopic (exact) mass is 420 g/mol. The molecule has 2 heterocycles. The van der Waals surface area contributed by atoms with Crippen molar-refractivity contribution in [3.05, 3.63) is 63.5 Å². The van der Waals surface area contributed by atoms with Gasteiger partial charge < -0.3 is 10.1 Å². The molecule has 0 saturated heterocycles. The number of fused-ring (bicyclic) bond motifs is 2. The third-order valence-electron chi connectivity index (χ3n) is 5.14. The summed E-state index contributed by atoms with van der Waals surface area (Å²) >= 11 is 1.68. The first kappa shape index (κ1) is 20.3. The van der Waals surface area contributed by atoms with Crippen LogP contribution < -0.4 is 5.32 Å². The maximum absolute atomic E-state index is 13.1. The number of carbonyl (C=O) groups is 2. The summed E-state index contributed by atoms with van der Waals surface area (Å²) in [6.45, 7) is 2.27. The van der Waals surface area contributed by atoms with E-state index in [1.54, 1.807) is 11.3 Å². The van der Waals surface area contributed by atoms with Gasteiger partial charge in [0.15, 0.2) is 6.61 Å². The molecule has 0 saturated carbocycles. The van der Waals surface area contributed by atoms with Crippen LogP contribution in [0.5, 0.6) is 0 Å². The molecule has 0 unspecified atom stereocenters. The summed E-state index contributed by atoms with van der Waals surface area (Å²) in [6.07, 6.45) is 5.63. The Morgan fingerprint density at radius 2 is 2.07 bits per heavy atom. The molecule has 1 aromatic carbocycles. The highest BCUT2D eigenvalue weighted by atomic mass is 32.1. The Morgan fingerprint density at radius 3 is 2.87 bits per heavy atom. The lowest BCUT2D eigenvalue weighted by atomic mass is 9.86. The summed E-state index contributed by atoms with van der Waals surface area (Å²) in [5.74, 6) is -0.746. The minimum Gasteiger partial charge on any atom is -0.452 e. The Labute approximate surface area is 179 Å². The molecule has 4 rings (SSSR count). The summed E-state index contributed by atoms with van der Waals surface area (Å²) in [6, 6.07) is 11.7. The van der Waals surface area contributed by atoms with Crippen molar-refractivity contribution in [2.24, 2.45) is 0 Å². The van der Waals surface area contributed by atoms with Crippen LogP contribution in [0.25, 0.3) is 22.6 Å². The molecule has 5 nitrogen and oxygen atoms in total. The number of aromatic nitrogens is 1. The Kier molecular flexibility index (Phi) is 6.23. The average Bonchev–Trinajstić information content (AvgIpc) is 3.28. The number of pyridine rings is 1. The first-order valence-corrected chi connectivity index (χ1v) is 11.1. The van der Waals surface area contributed by atoms with Gasteiger partial charge in [-0.2, -0.15) is 0 Å². The van der Waals surface area contributed by atoms with Crippen LogP contribution in [0, 0.1) is 0 Å². The third-order valence-corrected chi connectivity index (χ3v) is 5.96. The van der Waals surface area contributed by atoms with Crippen LogP contribution in [0.15, 0.2) is 41.8 Å². The van der Waals surface area contributed by atoms with Crippen LogP contribution in [-0.2, 0) is 16.0 Å². The number of nitrogens with zero attached hydrogens (tertiary/aromatic N) is 1. The predicted octanol–water partition coefficient (Wildman–Crippen LogP) is 4.86. The molecule has 0 radical (unpaired) electrons. The molecule has 1 aliphatic rings. The van der Waals surface area contributed by atoms with Gasteiger partial charge in [-0.1, -0.05) is 31.2 Å². The maximum Gasteiger partial charge on any atom is 0.339 e. The molecule has 2 aromatic heterocycles. The molecule has 1 aliphatic carbocycles. The third kappa shape index (κ3) is 4.28. The average molecular weight is 421 g/mol. The van der Waals surface area contributed by atoms with Gasteiger partial charge in [-0.15, -0.1) is 11.3 Å². The van der Waals surface area contributed by atoms with Gasteiger partial charge in [-0.05, 0) is 60.4 Å². The molecule has 154 valence electrons. The van der Waals surface area contributed by atoms with E-state index in [1.807, 2.05) is 37.3 Å². The number of ether oxygens (including phenoxy) is 1. The first-order valence-electron chi connectivity index (χ1n) is 10.3. The highest BCUT2D eigenvalue weighted by Crippen LogP contribution is 2.36. The highest BCUT2D eigenvalue weighted by molar-refractivity contribution is 7.10. The molecule has 0 spiro atoms. The molecule has 30 heavy (non-hydrogen) atoms. The number of benzene rings is 1. The summed E-state index contributed by atoms with van der Waals surface area (Å²) in [7, 11) is 0. The van der Waals surface area contributed by atoms with Crippen LogP contribution in [0.4, 0.5) is 0 Å². The Bertz CT molecular complexity index is 1100. The Hall–Kier alpha value is -2.99. The minimum absolute atomic E-state index is 0.276. The number of nitrogens with one attached hydrogen (secondary N) is 1. The van der Waals surface area contributed by atoms with Gasteiger partial charge in [0.25, 0.3) is 5.91 Å². The van der Waals surface area contributed by atoms with Crippen molar-refractivity contribution in [1.82, 2.24) is 10.3 Å². The number of hydrogen-bond acceptors (Lipinski definition) is 5. The zero-order valence-corrected chi connectivity index (χ0v) is 17.8. The van der Waals surface area contributed by atoms with Crippen LogP contribution in [0.2, 0.25) is 0 Å². The van der Waals surface area contributed by atoms with Crippen molar-refractivity contribution in [2.45, 2.75) is 32.6 Å². The van der Waals surface area contributed by atoms with E-state index in [1.165, 1.54) is 4.88 Å². The Balaban J connectivity index is 1.74. The molecule has 0 fully saturated rings. The lowest BCUT2D eigenvalue weighted by molar-refractivity contribution is -0.124. The van der Waals surface area contributed by atoms with E-state index < -0.39 is 5.97 Å². The zero-order chi connectivity index (χ0) is 20.9. The molecule has 0 aliphatic heterocycles. The topological polar surface area (TPSA) is 68.3 Å². The van der Waals surface area contributed by atoms with Gasteiger partial charge >= 0.3 is 5.97 Å². The van der Waals surface area contributed by atoms with E-state index in [-0.39, 0.29) is 12.5 Å². The summed E-state index contributed by atoms with van der Waals surface area (Å²) in [5, 5.41) is 5.56. The molecule has 0 bridgehead atoms. The number of carbonyl (C=O) groups excluding carboxylic acids is 2. The van der Waals surface area contributed by atoms with Gasteiger partial charge in [0.05, 0.1) is 16.8 Å². The predicted molar refractivity (Wildman–Crippen MR) is 120 cm³/mol. The minimum atomic E-state index is -0.464. The van der Waals surface area contributed by atoms with E-state index in [9.17, 15) is 9.59 Å². The Morgan fingerprint density at radius 1 is 1.20 bits per heavy atom. The number of esters is 1. The summed E-state index contributed by atoms with van der Waals surface area (Å²) in [5.41, 5.74) is 4.23. The highest BCUT2D eigenvalue weighted by Gasteiger charge is 2.26. The normalized spacial score (nSPS) is 14.5. The largest absolute Gasteiger partial charge is 0.452 e. The fraction of sp³-hybridized carbons (Fsp3) is 0.292. The van der Waals surface area contributed by atoms with Gasteiger partial charge in [0.2, 0.25) is 0 Å². The maximum atomic E-state index is 13.1. The quantitative estimate of drug-likeness (QED) is 0.579. The lowest BCUT2D eigenvalue weighted by Gasteiger charge is -2.22. The number of thiophene rings is 1. The molecule has 0 atom stereocenters. The molecular weight excluding hydrogens is 396 g/mol. The van der Waals surface area contributed by atoms with Crippen molar-refractivity contribution < 1.29 is 14.3 Å². The number of hydrogen-bond donors (Lipinski definition) is 1. The van der Waals surface area contributed by atoms with Gasteiger partial charge in [-0.25, -0.2) is 9.78 Å². The number of para-hydroxylation sites is 1. The van der Waals surface area contributed by atoms with E-state index in [0.717, 1.165) is 53.4 Å². The first-order chi connectivity index (χ1) is 14.7. The second-order valence-electron chi connectivity index (χ2n) is 7.30. The molecule has 1 amide bonds. The van der Waals surface area contributed by atoms with E-state index in [2.05, 4.69) is 22.8 Å². The fourth-order valence-electron chi connectivity index (χ4n) is 3.77. The van der Waals surface area contributed by atoms with Crippen molar-refractivity contribution >= 4 is 45.8 Å². The smallest absolute Gasteiger partial charge is 0.339 e. The van der Waals surface area contributed by atoms with Crippen LogP contribution in [0.1, 0.15) is 52.7 Å². The summed E-state index contributed by atoms with van der Waals surface area (Å²) < 4.78 is 5.41. The van der Waals surface area contributed by atoms with Gasteiger partial charge in [0, 0.05) is 16.8 Å². The fourth-order valence-corrected chi connectivity index (χ4v) is 4.45. The second kappa shape index (κ2) is 9.22. The molecular formula is C24H24N2O3S. The molecule has 3 aromatic rings. The zero-order valence-electron chi connectivity index (χ0n) is 16.9. The number of allylic oxidation sites excluding steroid dienone is 1. The lowest BCUT2D eigenvalue weighted by Crippen LogP contribution is -2.29.